The number of carbonyl (C=O) groups is 4. The number of fused-ring (bicyclic) bond motifs is 1. The van der Waals surface area contributed by atoms with E-state index in [0.29, 0.717) is 11.8 Å². The number of anilines is 1. The van der Waals surface area contributed by atoms with Crippen molar-refractivity contribution in [2.75, 3.05) is 25.0 Å². The molecule has 5 rings (SSSR count). The van der Waals surface area contributed by atoms with Crippen LogP contribution >= 0.6 is 11.6 Å². The van der Waals surface area contributed by atoms with Gasteiger partial charge < -0.3 is 10.2 Å². The molecule has 0 saturated carbocycles. The number of imide groups is 1. The summed E-state index contributed by atoms with van der Waals surface area (Å²) in [7, 11) is 1.42. The smallest absolute Gasteiger partial charge is 0.341 e. The van der Waals surface area contributed by atoms with Crippen LogP contribution < -0.4 is 10.2 Å². The van der Waals surface area contributed by atoms with Crippen molar-refractivity contribution in [1.29, 1.82) is 0 Å². The average Bonchev–Trinajstić information content (AvgIpc) is 3.48. The van der Waals surface area contributed by atoms with E-state index in [0.717, 1.165) is 27.9 Å². The number of H-pyrrole nitrogens is 1. The molecule has 1 atom stereocenters. The van der Waals surface area contributed by atoms with Crippen LogP contribution in [-0.4, -0.2) is 75.5 Å². The Hall–Kier alpha value is -4.13. The highest BCUT2D eigenvalue weighted by Gasteiger charge is 2.58. The number of halogens is 4. The van der Waals surface area contributed by atoms with E-state index in [2.05, 4.69) is 15.5 Å². The maximum absolute atomic E-state index is 13.6. The van der Waals surface area contributed by atoms with Crippen LogP contribution in [0.5, 0.6) is 0 Å². The van der Waals surface area contributed by atoms with Crippen molar-refractivity contribution in [3.8, 4) is 0 Å². The second-order valence-electron chi connectivity index (χ2n) is 10.9. The molecule has 2 aliphatic heterocycles. The molecule has 2 N–H and O–H groups in total. The predicted octanol–water partition coefficient (Wildman–Crippen LogP) is 4.45. The van der Waals surface area contributed by atoms with Crippen molar-refractivity contribution in [2.24, 2.45) is 5.92 Å². The molecule has 3 aromatic rings. The minimum Gasteiger partial charge on any atom is -0.341 e. The SMILES string of the molecule is CC(C)[C@@H](NC(=O)c1cc(C(F)(F)F)ccc1Cl)C(=O)N1CCC2(CC1)C(=O)N(C)C(=O)N2c1ccc2[nH]ncc2c1. The van der Waals surface area contributed by atoms with Crippen LogP contribution in [0, 0.1) is 5.92 Å². The molecular formula is C28H28ClF3N6O4. The number of rotatable bonds is 5. The molecule has 0 bridgehead atoms. The van der Waals surface area contributed by atoms with E-state index >= 15 is 0 Å². The first-order valence-electron chi connectivity index (χ1n) is 13.3. The van der Waals surface area contributed by atoms with Crippen molar-refractivity contribution in [3.05, 3.63) is 58.7 Å². The van der Waals surface area contributed by atoms with E-state index in [1.165, 1.54) is 16.8 Å². The van der Waals surface area contributed by atoms with Crippen molar-refractivity contribution in [3.63, 3.8) is 0 Å². The second-order valence-corrected chi connectivity index (χ2v) is 11.3. The van der Waals surface area contributed by atoms with E-state index in [9.17, 15) is 32.3 Å². The van der Waals surface area contributed by atoms with Gasteiger partial charge in [0, 0.05) is 31.2 Å². The lowest BCUT2D eigenvalue weighted by molar-refractivity contribution is -0.139. The number of aromatic amines is 1. The first kappa shape index (κ1) is 29.4. The summed E-state index contributed by atoms with van der Waals surface area (Å²) in [6.45, 7) is 3.62. The molecular weight excluding hydrogens is 577 g/mol. The molecule has 1 aromatic heterocycles. The molecule has 0 unspecified atom stereocenters. The van der Waals surface area contributed by atoms with E-state index in [1.807, 2.05) is 0 Å². The summed E-state index contributed by atoms with van der Waals surface area (Å²) >= 11 is 6.03. The van der Waals surface area contributed by atoms with E-state index in [-0.39, 0.29) is 36.9 Å². The van der Waals surface area contributed by atoms with E-state index < -0.39 is 52.6 Å². The van der Waals surface area contributed by atoms with E-state index in [4.69, 9.17) is 11.6 Å². The molecule has 0 aliphatic carbocycles. The zero-order valence-electron chi connectivity index (χ0n) is 23.0. The Morgan fingerprint density at radius 2 is 1.79 bits per heavy atom. The molecule has 42 heavy (non-hydrogen) atoms. The fraction of sp³-hybridized carbons (Fsp3) is 0.393. The monoisotopic (exact) mass is 604 g/mol. The third-order valence-electron chi connectivity index (χ3n) is 7.95. The van der Waals surface area contributed by atoms with Crippen LogP contribution in [0.2, 0.25) is 5.02 Å². The van der Waals surface area contributed by atoms with Gasteiger partial charge in [0.15, 0.2) is 0 Å². The molecule has 2 fully saturated rings. The van der Waals surface area contributed by atoms with Gasteiger partial charge in [0.05, 0.1) is 27.9 Å². The molecule has 2 aliphatic rings. The summed E-state index contributed by atoms with van der Waals surface area (Å²) in [6, 6.07) is 6.14. The Morgan fingerprint density at radius 3 is 2.43 bits per heavy atom. The van der Waals surface area contributed by atoms with Crippen LogP contribution in [0.1, 0.15) is 42.6 Å². The number of benzene rings is 2. The van der Waals surface area contributed by atoms with Gasteiger partial charge in [-0.25, -0.2) is 4.79 Å². The number of likely N-dealkylation sites (N-methyl/N-ethyl adjacent to an activating group) is 1. The number of hydrogen-bond acceptors (Lipinski definition) is 5. The Morgan fingerprint density at radius 1 is 1.10 bits per heavy atom. The van der Waals surface area contributed by atoms with Crippen molar-refractivity contribution in [2.45, 2.75) is 44.4 Å². The zero-order valence-corrected chi connectivity index (χ0v) is 23.7. The Bertz CT molecular complexity index is 1580. The Balaban J connectivity index is 1.35. The second kappa shape index (κ2) is 10.6. The number of amides is 5. The molecule has 0 radical (unpaired) electrons. The lowest BCUT2D eigenvalue weighted by Crippen LogP contribution is -2.60. The molecule has 3 heterocycles. The van der Waals surface area contributed by atoms with Gasteiger partial charge >= 0.3 is 12.2 Å². The van der Waals surface area contributed by atoms with Gasteiger partial charge in [0.1, 0.15) is 11.6 Å². The topological polar surface area (TPSA) is 119 Å². The predicted molar refractivity (Wildman–Crippen MR) is 148 cm³/mol. The van der Waals surface area contributed by atoms with Gasteiger partial charge in [-0.15, -0.1) is 0 Å². The first-order chi connectivity index (χ1) is 19.7. The molecule has 2 aromatic carbocycles. The van der Waals surface area contributed by atoms with Crippen molar-refractivity contribution >= 4 is 51.9 Å². The normalized spacial score (nSPS) is 18.0. The van der Waals surface area contributed by atoms with Gasteiger partial charge in [-0.05, 0) is 55.2 Å². The fourth-order valence-corrected chi connectivity index (χ4v) is 5.80. The average molecular weight is 605 g/mol. The fourth-order valence-electron chi connectivity index (χ4n) is 5.59. The number of alkyl halides is 3. The third kappa shape index (κ3) is 4.95. The Labute approximate surface area is 243 Å². The molecule has 10 nitrogen and oxygen atoms in total. The van der Waals surface area contributed by atoms with Gasteiger partial charge in [-0.2, -0.15) is 18.3 Å². The maximum Gasteiger partial charge on any atom is 0.416 e. The first-order valence-corrected chi connectivity index (χ1v) is 13.6. The van der Waals surface area contributed by atoms with Crippen molar-refractivity contribution < 1.29 is 32.3 Å². The molecule has 2 saturated heterocycles. The number of carbonyl (C=O) groups excluding carboxylic acids is 4. The largest absolute Gasteiger partial charge is 0.416 e. The summed E-state index contributed by atoms with van der Waals surface area (Å²) in [6.07, 6.45) is -2.77. The lowest BCUT2D eigenvalue weighted by Gasteiger charge is -2.43. The van der Waals surface area contributed by atoms with E-state index in [1.54, 1.807) is 38.2 Å². The van der Waals surface area contributed by atoms with Crippen LogP contribution in [0.4, 0.5) is 23.7 Å². The summed E-state index contributed by atoms with van der Waals surface area (Å²) in [4.78, 5) is 57.3. The summed E-state index contributed by atoms with van der Waals surface area (Å²) in [5, 5.41) is 9.99. The van der Waals surface area contributed by atoms with Crippen LogP contribution in [0.25, 0.3) is 10.9 Å². The maximum atomic E-state index is 13.6. The summed E-state index contributed by atoms with van der Waals surface area (Å²) in [5.74, 6) is -2.15. The number of urea groups is 1. The third-order valence-corrected chi connectivity index (χ3v) is 8.28. The number of likely N-dealkylation sites (tertiary alicyclic amines) is 1. The van der Waals surface area contributed by atoms with Crippen LogP contribution in [0.3, 0.4) is 0 Å². The number of nitrogens with one attached hydrogen (secondary N) is 2. The summed E-state index contributed by atoms with van der Waals surface area (Å²) in [5.41, 5.74) is -1.35. The molecule has 5 amide bonds. The number of piperidine rings is 1. The standard InChI is InChI=1S/C28H28ClF3N6O4/c1-15(2)22(34-23(39)19-13-17(28(30,31)32)4-6-20(19)29)24(40)37-10-8-27(9-11-37)25(41)36(3)26(42)38(27)18-5-7-21-16(12-18)14-33-35-21/h4-7,12-15,22H,8-11H2,1-3H3,(H,33,35)(H,34,39)/t22-/m1/s1. The van der Waals surface area contributed by atoms with Crippen molar-refractivity contribution in [1.82, 2.24) is 25.3 Å². The number of nitrogens with zero attached hydrogens (tertiary/aromatic N) is 4. The number of aromatic nitrogens is 2. The minimum atomic E-state index is -4.68. The van der Waals surface area contributed by atoms with Gasteiger partial charge in [0.2, 0.25) is 5.91 Å². The number of hydrogen-bond donors (Lipinski definition) is 2. The molecule has 1 spiro atoms. The van der Waals surface area contributed by atoms with Gasteiger partial charge in [0.25, 0.3) is 11.8 Å². The summed E-state index contributed by atoms with van der Waals surface area (Å²) < 4.78 is 39.7. The van der Waals surface area contributed by atoms with Gasteiger partial charge in [-0.3, -0.25) is 29.3 Å². The van der Waals surface area contributed by atoms with Crippen LogP contribution in [-0.2, 0) is 15.8 Å². The van der Waals surface area contributed by atoms with Gasteiger partial charge in [-0.1, -0.05) is 25.4 Å². The zero-order chi connectivity index (χ0) is 30.6. The highest BCUT2D eigenvalue weighted by Crippen LogP contribution is 2.41. The molecule has 14 heteroatoms. The minimum absolute atomic E-state index is 0.111. The quantitative estimate of drug-likeness (QED) is 0.417. The molecule has 222 valence electrons. The lowest BCUT2D eigenvalue weighted by atomic mass is 9.85. The highest BCUT2D eigenvalue weighted by atomic mass is 35.5. The Kier molecular flexibility index (Phi) is 7.42. The van der Waals surface area contributed by atoms with Crippen LogP contribution in [0.15, 0.2) is 42.6 Å². The highest BCUT2D eigenvalue weighted by molar-refractivity contribution is 6.34.